The first-order chi connectivity index (χ1) is 14.4. The van der Waals surface area contributed by atoms with Gasteiger partial charge in [-0.25, -0.2) is 0 Å². The topological polar surface area (TPSA) is 49.4 Å². The molecule has 3 rings (SSSR count). The van der Waals surface area contributed by atoms with Crippen molar-refractivity contribution in [3.63, 3.8) is 0 Å². The number of carbonyl (C=O) groups excluding carboxylic acids is 2. The zero-order valence-electron chi connectivity index (χ0n) is 18.0. The van der Waals surface area contributed by atoms with Crippen molar-refractivity contribution >= 4 is 17.5 Å². The lowest BCUT2D eigenvalue weighted by Crippen LogP contribution is -2.38. The summed E-state index contributed by atoms with van der Waals surface area (Å²) in [7, 11) is 1.68. The summed E-state index contributed by atoms with van der Waals surface area (Å²) in [4.78, 5) is 27.6. The molecule has 30 heavy (non-hydrogen) atoms. The molecule has 0 saturated carbocycles. The van der Waals surface area contributed by atoms with Crippen molar-refractivity contribution in [3.05, 3.63) is 101 Å². The zero-order chi connectivity index (χ0) is 21.7. The molecule has 0 spiro atoms. The minimum absolute atomic E-state index is 0.0121. The van der Waals surface area contributed by atoms with Crippen LogP contribution in [0.2, 0.25) is 0 Å². The van der Waals surface area contributed by atoms with Gasteiger partial charge in [0.15, 0.2) is 0 Å². The van der Waals surface area contributed by atoms with E-state index in [1.165, 1.54) is 4.90 Å². The normalized spacial score (nSPS) is 10.7. The summed E-state index contributed by atoms with van der Waals surface area (Å²) >= 11 is 0. The third-order valence-electron chi connectivity index (χ3n) is 5.21. The lowest BCUT2D eigenvalue weighted by molar-refractivity contribution is -0.133. The first-order valence-electron chi connectivity index (χ1n) is 10.1. The number of amides is 2. The van der Waals surface area contributed by atoms with Crippen LogP contribution in [-0.4, -0.2) is 30.3 Å². The van der Waals surface area contributed by atoms with Crippen LogP contribution in [0, 0.1) is 20.8 Å². The summed E-state index contributed by atoms with van der Waals surface area (Å²) in [5.74, 6) is -0.770. The molecule has 2 amide bonds. The molecule has 4 heteroatoms. The molecule has 0 bridgehead atoms. The molecule has 154 valence electrons. The molecule has 4 nitrogen and oxygen atoms in total. The number of likely N-dealkylation sites (N-methyl/N-ethyl adjacent to an activating group) is 1. The van der Waals surface area contributed by atoms with E-state index in [0.29, 0.717) is 0 Å². The van der Waals surface area contributed by atoms with Crippen molar-refractivity contribution < 1.29 is 9.59 Å². The van der Waals surface area contributed by atoms with Crippen molar-refractivity contribution in [1.82, 2.24) is 4.90 Å². The fraction of sp³-hybridized carbons (Fsp3) is 0.231. The number of anilines is 1. The standard InChI is InChI=1S/C26H28N2O2/c1-18-15-19(2)25(20(3)16-18)27-23(29)17-28(4)26(30)24(21-11-7-5-8-12-21)22-13-9-6-10-14-22/h5-16,24H,17H2,1-4H3,(H,27,29). The van der Waals surface area contributed by atoms with Crippen LogP contribution in [-0.2, 0) is 9.59 Å². The van der Waals surface area contributed by atoms with Crippen molar-refractivity contribution in [2.75, 3.05) is 18.9 Å². The maximum absolute atomic E-state index is 13.4. The molecule has 0 heterocycles. The second kappa shape index (κ2) is 9.40. The molecule has 0 radical (unpaired) electrons. The molecule has 0 saturated heterocycles. The molecule has 0 unspecified atom stereocenters. The summed E-state index contributed by atoms with van der Waals surface area (Å²) in [5.41, 5.74) is 5.82. The van der Waals surface area contributed by atoms with Crippen LogP contribution < -0.4 is 5.32 Å². The summed E-state index contributed by atoms with van der Waals surface area (Å²) in [6, 6.07) is 23.4. The van der Waals surface area contributed by atoms with E-state index >= 15 is 0 Å². The van der Waals surface area contributed by atoms with Gasteiger partial charge in [0.1, 0.15) is 0 Å². The minimum atomic E-state index is -0.451. The first-order valence-corrected chi connectivity index (χ1v) is 10.1. The maximum Gasteiger partial charge on any atom is 0.243 e. The summed E-state index contributed by atoms with van der Waals surface area (Å²) in [6.07, 6.45) is 0. The molecule has 0 atom stereocenters. The van der Waals surface area contributed by atoms with Gasteiger partial charge in [0.25, 0.3) is 0 Å². The first kappa shape index (κ1) is 21.3. The van der Waals surface area contributed by atoms with E-state index < -0.39 is 5.92 Å². The average Bonchev–Trinajstić information content (AvgIpc) is 2.72. The molecule has 0 aliphatic carbocycles. The van der Waals surface area contributed by atoms with E-state index in [4.69, 9.17) is 0 Å². The Morgan fingerprint density at radius 2 is 1.30 bits per heavy atom. The Kier molecular flexibility index (Phi) is 6.68. The van der Waals surface area contributed by atoms with Gasteiger partial charge in [-0.1, -0.05) is 78.4 Å². The number of nitrogens with one attached hydrogen (secondary N) is 1. The number of aryl methyl sites for hydroxylation is 3. The van der Waals surface area contributed by atoms with Crippen molar-refractivity contribution in [1.29, 1.82) is 0 Å². The molecule has 0 aromatic heterocycles. The molecule has 3 aromatic carbocycles. The fourth-order valence-corrected chi connectivity index (χ4v) is 3.84. The number of rotatable bonds is 6. The highest BCUT2D eigenvalue weighted by Crippen LogP contribution is 2.27. The van der Waals surface area contributed by atoms with E-state index in [1.807, 2.05) is 93.6 Å². The number of hydrogen-bond donors (Lipinski definition) is 1. The number of benzene rings is 3. The number of carbonyl (C=O) groups is 2. The summed E-state index contributed by atoms with van der Waals surface area (Å²) < 4.78 is 0. The third-order valence-corrected chi connectivity index (χ3v) is 5.21. The van der Waals surface area contributed by atoms with Gasteiger partial charge in [0.2, 0.25) is 11.8 Å². The highest BCUT2D eigenvalue weighted by atomic mass is 16.2. The number of nitrogens with zero attached hydrogens (tertiary/aromatic N) is 1. The predicted octanol–water partition coefficient (Wildman–Crippen LogP) is 4.84. The van der Waals surface area contributed by atoms with Gasteiger partial charge < -0.3 is 10.2 Å². The smallest absolute Gasteiger partial charge is 0.243 e. The van der Waals surface area contributed by atoms with E-state index in [9.17, 15) is 9.59 Å². The third kappa shape index (κ3) is 4.95. The largest absolute Gasteiger partial charge is 0.336 e. The van der Waals surface area contributed by atoms with Crippen LogP contribution >= 0.6 is 0 Å². The Morgan fingerprint density at radius 3 is 1.77 bits per heavy atom. The molecule has 0 aliphatic rings. The van der Waals surface area contributed by atoms with E-state index in [-0.39, 0.29) is 18.4 Å². The van der Waals surface area contributed by atoms with Crippen molar-refractivity contribution in [2.45, 2.75) is 26.7 Å². The Hall–Kier alpha value is -3.40. The molecule has 0 fully saturated rings. The van der Waals surface area contributed by atoms with Gasteiger partial charge in [0, 0.05) is 12.7 Å². The van der Waals surface area contributed by atoms with Gasteiger partial charge in [-0.3, -0.25) is 9.59 Å². The molecule has 1 N–H and O–H groups in total. The van der Waals surface area contributed by atoms with E-state index in [1.54, 1.807) is 7.05 Å². The SMILES string of the molecule is Cc1cc(C)c(NC(=O)CN(C)C(=O)C(c2ccccc2)c2ccccc2)c(C)c1. The Bertz CT molecular complexity index is 967. The maximum atomic E-state index is 13.4. The van der Waals surface area contributed by atoms with Crippen LogP contribution in [0.3, 0.4) is 0 Å². The second-order valence-corrected chi connectivity index (χ2v) is 7.77. The van der Waals surface area contributed by atoms with Gasteiger partial charge >= 0.3 is 0 Å². The quantitative estimate of drug-likeness (QED) is 0.644. The highest BCUT2D eigenvalue weighted by molar-refractivity contribution is 5.97. The van der Waals surface area contributed by atoms with Crippen LogP contribution in [0.4, 0.5) is 5.69 Å². The lowest BCUT2D eigenvalue weighted by atomic mass is 9.90. The van der Waals surface area contributed by atoms with Crippen molar-refractivity contribution in [3.8, 4) is 0 Å². The Balaban J connectivity index is 1.78. The monoisotopic (exact) mass is 400 g/mol. The molecule has 3 aromatic rings. The molecular formula is C26H28N2O2. The van der Waals surface area contributed by atoms with Gasteiger partial charge in [-0.2, -0.15) is 0 Å². The summed E-state index contributed by atoms with van der Waals surface area (Å²) in [6.45, 7) is 5.98. The second-order valence-electron chi connectivity index (χ2n) is 7.77. The highest BCUT2D eigenvalue weighted by Gasteiger charge is 2.26. The minimum Gasteiger partial charge on any atom is -0.336 e. The van der Waals surface area contributed by atoms with Crippen molar-refractivity contribution in [2.24, 2.45) is 0 Å². The van der Waals surface area contributed by atoms with Crippen LogP contribution in [0.15, 0.2) is 72.8 Å². The zero-order valence-corrected chi connectivity index (χ0v) is 18.0. The average molecular weight is 401 g/mol. The van der Waals surface area contributed by atoms with E-state index in [0.717, 1.165) is 33.5 Å². The molecule has 0 aliphatic heterocycles. The number of hydrogen-bond acceptors (Lipinski definition) is 2. The van der Waals surface area contributed by atoms with Gasteiger partial charge in [0.05, 0.1) is 12.5 Å². The van der Waals surface area contributed by atoms with E-state index in [2.05, 4.69) is 5.32 Å². The summed E-state index contributed by atoms with van der Waals surface area (Å²) in [5, 5.41) is 2.98. The van der Waals surface area contributed by atoms with Crippen LogP contribution in [0.25, 0.3) is 0 Å². The van der Waals surface area contributed by atoms with Crippen LogP contribution in [0.1, 0.15) is 33.7 Å². The Labute approximate surface area is 178 Å². The predicted molar refractivity (Wildman–Crippen MR) is 122 cm³/mol. The van der Waals surface area contributed by atoms with Gasteiger partial charge in [-0.05, 0) is 43.0 Å². The lowest BCUT2D eigenvalue weighted by Gasteiger charge is -2.24. The fourth-order valence-electron chi connectivity index (χ4n) is 3.84. The van der Waals surface area contributed by atoms with Gasteiger partial charge in [-0.15, -0.1) is 0 Å². The Morgan fingerprint density at radius 1 is 0.833 bits per heavy atom. The van der Waals surface area contributed by atoms with Crippen LogP contribution in [0.5, 0.6) is 0 Å². The molecular weight excluding hydrogens is 372 g/mol.